The molecule has 0 fully saturated rings. The summed E-state index contributed by atoms with van der Waals surface area (Å²) in [5.74, 6) is 2.73. The van der Waals surface area contributed by atoms with E-state index in [0.717, 1.165) is 89.9 Å². The zero-order chi connectivity index (χ0) is 47.6. The molecule has 0 aliphatic heterocycles. The Kier molecular flexibility index (Phi) is 15.3. The lowest BCUT2D eigenvalue weighted by atomic mass is 9.98. The number of hydrogen-bond donors (Lipinski definition) is 3. The van der Waals surface area contributed by atoms with E-state index in [4.69, 9.17) is 24.6 Å². The van der Waals surface area contributed by atoms with Crippen LogP contribution in [0.4, 0.5) is 22.1 Å². The molecule has 0 spiro atoms. The molecular formula is C44H48N12O8S2. The van der Waals surface area contributed by atoms with Crippen LogP contribution in [0.1, 0.15) is 35.1 Å². The molecule has 0 radical (unpaired) electrons. The van der Waals surface area contributed by atoms with E-state index in [-0.39, 0.29) is 10.1 Å². The molecule has 2 amide bonds. The third-order valence-corrected chi connectivity index (χ3v) is 12.4. The van der Waals surface area contributed by atoms with Crippen LogP contribution in [0.25, 0.3) is 22.3 Å². The van der Waals surface area contributed by atoms with Crippen molar-refractivity contribution in [2.45, 2.75) is 48.6 Å². The number of pyridine rings is 2. The summed E-state index contributed by atoms with van der Waals surface area (Å²) in [6, 6.07) is 14.5. The summed E-state index contributed by atoms with van der Waals surface area (Å²) in [6.45, 7) is 0. The van der Waals surface area contributed by atoms with Gasteiger partial charge in [0, 0.05) is 63.8 Å². The number of aromatic nitrogens is 6. The lowest BCUT2D eigenvalue weighted by Gasteiger charge is -2.17. The first-order valence-corrected chi connectivity index (χ1v) is 23.3. The number of rotatable bonds is 11. The quantitative estimate of drug-likeness (QED) is 0.146. The molecule has 344 valence electrons. The van der Waals surface area contributed by atoms with Crippen LogP contribution in [0.3, 0.4) is 0 Å². The average molecular weight is 937 g/mol. The fraction of sp³-hybridized carbons (Fsp3) is 0.273. The number of fused-ring (bicyclic) bond motifs is 2. The minimum absolute atomic E-state index is 0.224. The Bertz CT molecular complexity index is 2970. The number of amides is 2. The van der Waals surface area contributed by atoms with Crippen LogP contribution in [-0.4, -0.2) is 95.2 Å². The number of methoxy groups -OCH3 is 2. The summed E-state index contributed by atoms with van der Waals surface area (Å²) < 4.78 is 64.6. The Morgan fingerprint density at radius 3 is 1.70 bits per heavy atom. The summed E-state index contributed by atoms with van der Waals surface area (Å²) in [4.78, 5) is 39.9. The van der Waals surface area contributed by atoms with Crippen LogP contribution in [0.15, 0.2) is 95.8 Å². The highest BCUT2D eigenvalue weighted by atomic mass is 32.2. The molecule has 2 aliphatic carbocycles. The first-order chi connectivity index (χ1) is 31.5. The van der Waals surface area contributed by atoms with E-state index in [1.165, 1.54) is 25.1 Å². The number of carbonyl (C=O) groups is 1. The second-order valence-corrected chi connectivity index (χ2v) is 18.2. The molecule has 0 atom stereocenters. The summed E-state index contributed by atoms with van der Waals surface area (Å²) >= 11 is 0. The molecule has 2 aliphatic rings. The van der Waals surface area contributed by atoms with Gasteiger partial charge in [0.25, 0.3) is 26.3 Å². The lowest BCUT2D eigenvalue weighted by Crippen LogP contribution is -2.35. The molecule has 4 aromatic heterocycles. The van der Waals surface area contributed by atoms with Gasteiger partial charge in [-0.25, -0.2) is 53.0 Å². The van der Waals surface area contributed by atoms with Crippen molar-refractivity contribution >= 4 is 43.4 Å². The molecule has 66 heavy (non-hydrogen) atoms. The number of hydrogen-bond acceptors (Lipinski definition) is 17. The van der Waals surface area contributed by atoms with Crippen molar-refractivity contribution in [3.05, 3.63) is 108 Å². The van der Waals surface area contributed by atoms with Crippen molar-refractivity contribution < 1.29 is 35.8 Å². The number of ether oxygens (including phenoxy) is 3. The van der Waals surface area contributed by atoms with Crippen molar-refractivity contribution in [3.8, 4) is 46.0 Å². The average Bonchev–Trinajstić information content (AvgIpc) is 4.00. The molecule has 0 bridgehead atoms. The number of sulfonamides is 2. The van der Waals surface area contributed by atoms with Gasteiger partial charge in [-0.2, -0.15) is 8.42 Å². The van der Waals surface area contributed by atoms with Gasteiger partial charge >= 0.3 is 6.03 Å². The molecule has 22 heteroatoms. The molecule has 0 unspecified atom stereocenters. The van der Waals surface area contributed by atoms with Crippen molar-refractivity contribution in [2.24, 2.45) is 5.14 Å². The van der Waals surface area contributed by atoms with Crippen molar-refractivity contribution in [1.82, 2.24) is 34.6 Å². The third kappa shape index (κ3) is 11.6. The molecule has 4 heterocycles. The Morgan fingerprint density at radius 1 is 0.682 bits per heavy atom. The number of primary sulfonamides is 1. The Hall–Kier alpha value is -7.48. The Balaban J connectivity index is 0.000000184. The van der Waals surface area contributed by atoms with E-state index >= 15 is 0 Å². The number of urea groups is 1. The number of nitrogens with two attached hydrogens (primary N) is 1. The number of anilines is 3. The minimum atomic E-state index is -4.21. The standard InChI is InChI=1S/C22H24N6O4S.C16H14N2O2.C6H10N4O2S/c1-28(2)18-12-25-20(13-24-18)33(30,31)27-22(29)26-21-16-6-4-5-14(16)7-8-17(21)15-9-10-23-19(11-15)32-3;1-19-15-9-12(7-8-18-15)14-6-5-11-3-2-4-13(11)16(14)20-10-17;1-10(2)5-3-9-6(4-8-5)13(7,11)12/h7-13H,4-6H2,1-3H3,(H2,26,27,29);5-9H,2-4H2,1H3;3-4H,1-2H3,(H2,7,11,12). The van der Waals surface area contributed by atoms with Gasteiger partial charge in [-0.15, -0.1) is 5.26 Å². The molecule has 6 aromatic rings. The Labute approximate surface area is 383 Å². The maximum Gasteiger partial charge on any atom is 0.333 e. The third-order valence-electron chi connectivity index (χ3n) is 10.3. The van der Waals surface area contributed by atoms with Crippen molar-refractivity contribution in [3.63, 3.8) is 0 Å². The number of nitrogens with one attached hydrogen (secondary N) is 2. The number of nitriles is 1. The zero-order valence-electron chi connectivity index (χ0n) is 37.0. The number of nitrogens with zero attached hydrogens (tertiary/aromatic N) is 9. The van der Waals surface area contributed by atoms with Crippen LogP contribution in [0, 0.1) is 11.5 Å². The van der Waals surface area contributed by atoms with Crippen LogP contribution in [-0.2, 0) is 45.7 Å². The predicted molar refractivity (Wildman–Crippen MR) is 246 cm³/mol. The monoisotopic (exact) mass is 936 g/mol. The van der Waals surface area contributed by atoms with Gasteiger partial charge in [0.15, 0.2) is 15.8 Å². The first-order valence-electron chi connectivity index (χ1n) is 20.2. The topological polar surface area (TPSA) is 271 Å². The number of aryl methyl sites for hydroxylation is 2. The summed E-state index contributed by atoms with van der Waals surface area (Å²) in [7, 11) is 2.25. The molecule has 4 N–H and O–H groups in total. The summed E-state index contributed by atoms with van der Waals surface area (Å²) in [5, 5.41) is 15.9. The number of carbonyl (C=O) groups excluding carboxylic acids is 1. The van der Waals surface area contributed by atoms with Gasteiger partial charge in [0.1, 0.15) is 11.6 Å². The highest BCUT2D eigenvalue weighted by Crippen LogP contribution is 2.40. The second-order valence-electron chi connectivity index (χ2n) is 15.1. The van der Waals surface area contributed by atoms with Gasteiger partial charge in [0.05, 0.1) is 44.7 Å². The molecule has 0 saturated heterocycles. The fourth-order valence-electron chi connectivity index (χ4n) is 7.13. The molecule has 8 rings (SSSR count). The second kappa shape index (κ2) is 21.0. The summed E-state index contributed by atoms with van der Waals surface area (Å²) in [5.41, 5.74) is 8.51. The van der Waals surface area contributed by atoms with Crippen LogP contribution >= 0.6 is 0 Å². The van der Waals surface area contributed by atoms with Crippen molar-refractivity contribution in [2.75, 3.05) is 57.5 Å². The van der Waals surface area contributed by atoms with Gasteiger partial charge in [0.2, 0.25) is 11.8 Å². The summed E-state index contributed by atoms with van der Waals surface area (Å²) in [6.07, 6.45) is 15.8. The minimum Gasteiger partial charge on any atom is -0.481 e. The normalized spacial score (nSPS) is 12.4. The van der Waals surface area contributed by atoms with E-state index in [0.29, 0.717) is 34.8 Å². The first kappa shape index (κ1) is 48.0. The predicted octanol–water partition coefficient (Wildman–Crippen LogP) is 4.91. The van der Waals surface area contributed by atoms with Crippen molar-refractivity contribution in [1.29, 1.82) is 5.26 Å². The van der Waals surface area contributed by atoms with E-state index in [1.807, 2.05) is 35.1 Å². The van der Waals surface area contributed by atoms with Gasteiger partial charge < -0.3 is 29.3 Å². The van der Waals surface area contributed by atoms with Crippen LogP contribution < -0.4 is 39.2 Å². The largest absolute Gasteiger partial charge is 0.481 e. The number of benzene rings is 2. The van der Waals surface area contributed by atoms with E-state index < -0.39 is 26.1 Å². The Morgan fingerprint density at radius 2 is 1.20 bits per heavy atom. The lowest BCUT2D eigenvalue weighted by molar-refractivity contribution is 0.256. The fourth-order valence-corrected chi connectivity index (χ4v) is 8.31. The SMILES string of the molecule is CN(C)c1cnc(S(N)(=O)=O)cn1.COc1cc(-c2ccc3c(c2NC(=O)NS(=O)(=O)c2cnc(N(C)C)cn2)CCC3)ccn1.COc1cc(-c2ccc3c(c2OC#N)CCC3)ccn1. The van der Waals surface area contributed by atoms with E-state index in [1.54, 1.807) is 75.9 Å². The van der Waals surface area contributed by atoms with E-state index in [9.17, 15) is 21.6 Å². The molecule has 2 aromatic carbocycles. The molecular weight excluding hydrogens is 889 g/mol. The van der Waals surface area contributed by atoms with Gasteiger partial charge in [-0.1, -0.05) is 24.3 Å². The van der Waals surface area contributed by atoms with Gasteiger partial charge in [-0.05, 0) is 84.0 Å². The van der Waals surface area contributed by atoms with Gasteiger partial charge in [-0.3, -0.25) is 0 Å². The zero-order valence-corrected chi connectivity index (χ0v) is 38.6. The maximum atomic E-state index is 12.8. The van der Waals surface area contributed by atoms with Crippen LogP contribution in [0.5, 0.6) is 17.5 Å². The maximum absolute atomic E-state index is 12.8. The highest BCUT2D eigenvalue weighted by molar-refractivity contribution is 7.90. The smallest absolute Gasteiger partial charge is 0.333 e. The van der Waals surface area contributed by atoms with Crippen LogP contribution in [0.2, 0.25) is 0 Å². The highest BCUT2D eigenvalue weighted by Gasteiger charge is 2.25. The molecule has 20 nitrogen and oxygen atoms in total. The molecule has 0 saturated carbocycles. The van der Waals surface area contributed by atoms with E-state index in [2.05, 4.69) is 41.3 Å².